The molecular weight excluding hydrogens is 256 g/mol. The number of rotatable bonds is 3. The van der Waals surface area contributed by atoms with Crippen molar-refractivity contribution >= 4 is 17.7 Å². The van der Waals surface area contributed by atoms with Crippen LogP contribution < -0.4 is 10.2 Å². The third kappa shape index (κ3) is 2.75. The van der Waals surface area contributed by atoms with E-state index in [0.717, 1.165) is 12.0 Å². The lowest BCUT2D eigenvalue weighted by Gasteiger charge is -2.21. The van der Waals surface area contributed by atoms with E-state index in [-0.39, 0.29) is 17.6 Å². The quantitative estimate of drug-likeness (QED) is 0.825. The van der Waals surface area contributed by atoms with Crippen molar-refractivity contribution in [3.05, 3.63) is 29.3 Å². The molecule has 1 aromatic carbocycles. The van der Waals surface area contributed by atoms with Gasteiger partial charge in [0, 0.05) is 24.7 Å². The Bertz CT molecular complexity index is 589. The van der Waals surface area contributed by atoms with Gasteiger partial charge in [0.1, 0.15) is 0 Å². The normalized spacial score (nSPS) is 14.3. The summed E-state index contributed by atoms with van der Waals surface area (Å²) in [5.74, 6) is 1.50. The number of amides is 2. The van der Waals surface area contributed by atoms with Gasteiger partial charge in [0.15, 0.2) is 0 Å². The molecule has 0 radical (unpaired) electrons. The van der Waals surface area contributed by atoms with E-state index >= 15 is 0 Å². The van der Waals surface area contributed by atoms with Crippen molar-refractivity contribution in [2.24, 2.45) is 0 Å². The Hall–Kier alpha value is -2.48. The number of carboxylic acid groups (broad SMARTS) is 1. The number of terminal acetylenes is 1. The Balaban J connectivity index is 2.18. The highest BCUT2D eigenvalue weighted by molar-refractivity contribution is 5.97. The lowest BCUT2D eigenvalue weighted by Crippen LogP contribution is -2.43. The molecule has 1 aliphatic rings. The second kappa shape index (κ2) is 5.66. The van der Waals surface area contributed by atoms with E-state index in [9.17, 15) is 9.59 Å². The van der Waals surface area contributed by atoms with Crippen molar-refractivity contribution in [3.8, 4) is 12.3 Å². The summed E-state index contributed by atoms with van der Waals surface area (Å²) >= 11 is 0. The first-order valence-corrected chi connectivity index (χ1v) is 6.40. The van der Waals surface area contributed by atoms with E-state index < -0.39 is 5.97 Å². The zero-order valence-corrected chi connectivity index (χ0v) is 11.2. The van der Waals surface area contributed by atoms with Gasteiger partial charge in [0.2, 0.25) is 0 Å². The fourth-order valence-electron chi connectivity index (χ4n) is 2.24. The van der Waals surface area contributed by atoms with Gasteiger partial charge in [-0.3, -0.25) is 4.90 Å². The topological polar surface area (TPSA) is 69.6 Å². The van der Waals surface area contributed by atoms with E-state index in [2.05, 4.69) is 11.2 Å². The van der Waals surface area contributed by atoms with Crippen LogP contribution in [0.1, 0.15) is 29.3 Å². The summed E-state index contributed by atoms with van der Waals surface area (Å²) in [6.45, 7) is 2.38. The summed E-state index contributed by atoms with van der Waals surface area (Å²) in [5, 5.41) is 11.8. The maximum Gasteiger partial charge on any atom is 0.335 e. The monoisotopic (exact) mass is 272 g/mol. The number of anilines is 1. The minimum atomic E-state index is -0.999. The highest BCUT2D eigenvalue weighted by Gasteiger charge is 2.26. The molecule has 1 atom stereocenters. The third-order valence-corrected chi connectivity index (χ3v) is 3.27. The molecule has 1 aliphatic heterocycles. The van der Waals surface area contributed by atoms with Gasteiger partial charge < -0.3 is 10.4 Å². The molecule has 2 N–H and O–H groups in total. The number of carbonyl (C=O) groups excluding carboxylic acids is 1. The smallest absolute Gasteiger partial charge is 0.335 e. The summed E-state index contributed by atoms with van der Waals surface area (Å²) in [7, 11) is 0. The molecule has 104 valence electrons. The number of urea groups is 1. The number of nitrogens with zero attached hydrogens (tertiary/aromatic N) is 1. The summed E-state index contributed by atoms with van der Waals surface area (Å²) in [5.41, 5.74) is 1.82. The fourth-order valence-corrected chi connectivity index (χ4v) is 2.24. The number of hydrogen-bond donors (Lipinski definition) is 2. The van der Waals surface area contributed by atoms with E-state index in [1.54, 1.807) is 17.0 Å². The van der Waals surface area contributed by atoms with Gasteiger partial charge in [-0.05, 0) is 31.0 Å². The van der Waals surface area contributed by atoms with Crippen LogP contribution >= 0.6 is 0 Å². The Morgan fingerprint density at radius 1 is 1.55 bits per heavy atom. The van der Waals surface area contributed by atoms with Gasteiger partial charge >= 0.3 is 12.0 Å². The SMILES string of the molecule is C#CCC(C)NC(=O)N1CCc2ccc(C(=O)O)cc21. The molecule has 0 fully saturated rings. The zero-order valence-electron chi connectivity index (χ0n) is 11.2. The number of hydrogen-bond acceptors (Lipinski definition) is 2. The van der Waals surface area contributed by atoms with Crippen molar-refractivity contribution in [2.45, 2.75) is 25.8 Å². The van der Waals surface area contributed by atoms with E-state index in [1.165, 1.54) is 6.07 Å². The lowest BCUT2D eigenvalue weighted by atomic mass is 10.1. The van der Waals surface area contributed by atoms with Crippen LogP contribution in [0.3, 0.4) is 0 Å². The predicted molar refractivity (Wildman–Crippen MR) is 75.9 cm³/mol. The highest BCUT2D eigenvalue weighted by atomic mass is 16.4. The maximum atomic E-state index is 12.2. The molecule has 5 heteroatoms. The van der Waals surface area contributed by atoms with E-state index in [1.807, 2.05) is 6.92 Å². The second-order valence-electron chi connectivity index (χ2n) is 4.81. The average Bonchev–Trinajstić information content (AvgIpc) is 2.81. The molecule has 0 spiro atoms. The van der Waals surface area contributed by atoms with Crippen LogP contribution in [0.5, 0.6) is 0 Å². The van der Waals surface area contributed by atoms with Crippen molar-refractivity contribution in [1.29, 1.82) is 0 Å². The number of aromatic carboxylic acids is 1. The molecular formula is C15H16N2O3. The minimum absolute atomic E-state index is 0.112. The van der Waals surface area contributed by atoms with E-state index in [4.69, 9.17) is 11.5 Å². The standard InChI is InChI=1S/C15H16N2O3/c1-3-4-10(2)16-15(20)17-8-7-11-5-6-12(14(18)19)9-13(11)17/h1,5-6,9-10H,4,7-8H2,2H3,(H,16,20)(H,18,19). The first-order chi connectivity index (χ1) is 9.52. The van der Waals surface area contributed by atoms with Crippen LogP contribution in [0.15, 0.2) is 18.2 Å². The fraction of sp³-hybridized carbons (Fsp3) is 0.333. The predicted octanol–water partition coefficient (Wildman–Crippen LogP) is 1.87. The molecule has 5 nitrogen and oxygen atoms in total. The molecule has 0 saturated heterocycles. The zero-order chi connectivity index (χ0) is 14.7. The molecule has 1 unspecified atom stereocenters. The average molecular weight is 272 g/mol. The first kappa shape index (κ1) is 13.9. The Morgan fingerprint density at radius 2 is 2.30 bits per heavy atom. The summed E-state index contributed by atoms with van der Waals surface area (Å²) in [6, 6.07) is 4.50. The highest BCUT2D eigenvalue weighted by Crippen LogP contribution is 2.29. The number of benzene rings is 1. The second-order valence-corrected chi connectivity index (χ2v) is 4.81. The summed E-state index contributed by atoms with van der Waals surface area (Å²) in [6.07, 6.45) is 6.40. The molecule has 1 heterocycles. The van der Waals surface area contributed by atoms with Crippen molar-refractivity contribution in [3.63, 3.8) is 0 Å². The third-order valence-electron chi connectivity index (χ3n) is 3.27. The lowest BCUT2D eigenvalue weighted by molar-refractivity contribution is 0.0697. The Labute approximate surface area is 117 Å². The van der Waals surface area contributed by atoms with Gasteiger partial charge in [-0.2, -0.15) is 0 Å². The van der Waals surface area contributed by atoms with Crippen LogP contribution in [0, 0.1) is 12.3 Å². The molecule has 20 heavy (non-hydrogen) atoms. The molecule has 1 aromatic rings. The summed E-state index contributed by atoms with van der Waals surface area (Å²) in [4.78, 5) is 24.7. The first-order valence-electron chi connectivity index (χ1n) is 6.40. The van der Waals surface area contributed by atoms with Crippen LogP contribution in [0.4, 0.5) is 10.5 Å². The van der Waals surface area contributed by atoms with Crippen LogP contribution in [-0.2, 0) is 6.42 Å². The number of carboxylic acids is 1. The Morgan fingerprint density at radius 3 is 2.95 bits per heavy atom. The van der Waals surface area contributed by atoms with Crippen LogP contribution in [0.2, 0.25) is 0 Å². The Kier molecular flexibility index (Phi) is 3.94. The molecule has 2 amide bonds. The minimum Gasteiger partial charge on any atom is -0.478 e. The number of nitrogens with one attached hydrogen (secondary N) is 1. The van der Waals surface area contributed by atoms with Crippen molar-refractivity contribution in [1.82, 2.24) is 5.32 Å². The summed E-state index contributed by atoms with van der Waals surface area (Å²) < 4.78 is 0. The van der Waals surface area contributed by atoms with Gasteiger partial charge in [-0.25, -0.2) is 9.59 Å². The molecule has 2 rings (SSSR count). The van der Waals surface area contributed by atoms with Gasteiger partial charge in [0.05, 0.1) is 5.56 Å². The largest absolute Gasteiger partial charge is 0.478 e. The van der Waals surface area contributed by atoms with Gasteiger partial charge in [-0.15, -0.1) is 12.3 Å². The van der Waals surface area contributed by atoms with Crippen molar-refractivity contribution < 1.29 is 14.7 Å². The molecule has 0 aromatic heterocycles. The number of fused-ring (bicyclic) bond motifs is 1. The van der Waals surface area contributed by atoms with Gasteiger partial charge in [-0.1, -0.05) is 6.07 Å². The molecule has 0 saturated carbocycles. The van der Waals surface area contributed by atoms with E-state index in [0.29, 0.717) is 18.7 Å². The molecule has 0 bridgehead atoms. The maximum absolute atomic E-state index is 12.2. The van der Waals surface area contributed by atoms with Crippen molar-refractivity contribution in [2.75, 3.05) is 11.4 Å². The van der Waals surface area contributed by atoms with Gasteiger partial charge in [0.25, 0.3) is 0 Å². The number of carbonyl (C=O) groups is 2. The van der Waals surface area contributed by atoms with Crippen LogP contribution in [-0.4, -0.2) is 29.7 Å². The molecule has 0 aliphatic carbocycles. The van der Waals surface area contributed by atoms with Crippen LogP contribution in [0.25, 0.3) is 0 Å².